The van der Waals surface area contributed by atoms with E-state index in [9.17, 15) is 9.59 Å². The van der Waals surface area contributed by atoms with Crippen molar-refractivity contribution in [2.45, 2.75) is 37.6 Å². The Balaban J connectivity index is 2.52. The fourth-order valence-electron chi connectivity index (χ4n) is 3.09. The number of halogens is 2. The highest BCUT2D eigenvalue weighted by Gasteiger charge is 2.47. The number of ketones is 1. The van der Waals surface area contributed by atoms with Crippen LogP contribution in [0.5, 0.6) is 0 Å². The number of alkyl halides is 1. The maximum Gasteiger partial charge on any atom is 0.224 e. The fraction of sp³-hybridized carbons (Fsp3) is 0.500. The number of benzene rings is 1. The van der Waals surface area contributed by atoms with Crippen molar-refractivity contribution in [3.63, 3.8) is 0 Å². The van der Waals surface area contributed by atoms with E-state index in [4.69, 9.17) is 23.2 Å². The summed E-state index contributed by atoms with van der Waals surface area (Å²) in [6.45, 7) is 0. The van der Waals surface area contributed by atoms with Crippen LogP contribution < -0.4 is 0 Å². The molecule has 2 rings (SSSR count). The maximum atomic E-state index is 12.7. The Labute approximate surface area is 135 Å². The van der Waals surface area contributed by atoms with Gasteiger partial charge in [-0.2, -0.15) is 0 Å². The van der Waals surface area contributed by atoms with Gasteiger partial charge in [0.15, 0.2) is 5.78 Å². The highest BCUT2D eigenvalue weighted by molar-refractivity contribution is 6.31. The molecule has 5 heteroatoms. The van der Waals surface area contributed by atoms with E-state index in [0.29, 0.717) is 17.9 Å². The Morgan fingerprint density at radius 1 is 1.33 bits per heavy atom. The number of nitrogens with zero attached hydrogens (tertiary/aromatic N) is 1. The normalized spacial score (nSPS) is 22.1. The van der Waals surface area contributed by atoms with Crippen LogP contribution in [-0.2, 0) is 15.1 Å². The van der Waals surface area contributed by atoms with Gasteiger partial charge in [0.2, 0.25) is 5.91 Å². The Morgan fingerprint density at radius 3 is 2.67 bits per heavy atom. The van der Waals surface area contributed by atoms with E-state index in [2.05, 4.69) is 0 Å². The number of rotatable bonds is 4. The van der Waals surface area contributed by atoms with E-state index >= 15 is 0 Å². The van der Waals surface area contributed by atoms with Gasteiger partial charge in [0.25, 0.3) is 0 Å². The molecule has 1 amide bonds. The van der Waals surface area contributed by atoms with Crippen LogP contribution in [0.3, 0.4) is 0 Å². The molecule has 3 nitrogen and oxygen atoms in total. The Hall–Kier alpha value is -1.06. The number of amides is 1. The maximum absolute atomic E-state index is 12.7. The summed E-state index contributed by atoms with van der Waals surface area (Å²) in [7, 11) is 1.68. The molecule has 0 spiro atoms. The molecule has 1 aliphatic carbocycles. The summed E-state index contributed by atoms with van der Waals surface area (Å²) in [6, 6.07) is 7.29. The number of hydrogen-bond acceptors (Lipinski definition) is 2. The van der Waals surface area contributed by atoms with Crippen LogP contribution in [0.25, 0.3) is 0 Å². The predicted octanol–water partition coefficient (Wildman–Crippen LogP) is 3.77. The molecule has 1 saturated carbocycles. The van der Waals surface area contributed by atoms with Crippen molar-refractivity contribution in [1.29, 1.82) is 0 Å². The van der Waals surface area contributed by atoms with Gasteiger partial charge in [-0.05, 0) is 25.3 Å². The Kier molecular flexibility index (Phi) is 5.28. The minimum atomic E-state index is -0.945. The van der Waals surface area contributed by atoms with Crippen molar-refractivity contribution in [2.24, 2.45) is 0 Å². The van der Waals surface area contributed by atoms with E-state index in [1.165, 1.54) is 0 Å². The van der Waals surface area contributed by atoms with Crippen LogP contribution in [0.2, 0.25) is 5.02 Å². The molecule has 0 aliphatic heterocycles. The highest BCUT2D eigenvalue weighted by atomic mass is 35.5. The molecule has 1 aliphatic rings. The number of hydrogen-bond donors (Lipinski definition) is 0. The van der Waals surface area contributed by atoms with Gasteiger partial charge < -0.3 is 4.90 Å². The lowest BCUT2D eigenvalue weighted by Crippen LogP contribution is -2.54. The van der Waals surface area contributed by atoms with Crippen molar-refractivity contribution in [2.75, 3.05) is 12.9 Å². The first-order chi connectivity index (χ1) is 10.0. The van der Waals surface area contributed by atoms with E-state index in [0.717, 1.165) is 18.4 Å². The first-order valence-corrected chi connectivity index (χ1v) is 8.06. The van der Waals surface area contributed by atoms with E-state index < -0.39 is 5.54 Å². The average Bonchev–Trinajstić information content (AvgIpc) is 2.48. The monoisotopic (exact) mass is 327 g/mol. The quantitative estimate of drug-likeness (QED) is 0.789. The van der Waals surface area contributed by atoms with Crippen LogP contribution in [0, 0.1) is 0 Å². The molecule has 114 valence electrons. The summed E-state index contributed by atoms with van der Waals surface area (Å²) in [5.41, 5.74) is -0.221. The zero-order chi connectivity index (χ0) is 15.5. The van der Waals surface area contributed by atoms with Gasteiger partial charge in [-0.25, -0.2) is 0 Å². The summed E-state index contributed by atoms with van der Waals surface area (Å²) in [4.78, 5) is 26.6. The van der Waals surface area contributed by atoms with Gasteiger partial charge in [-0.15, -0.1) is 11.6 Å². The molecule has 0 radical (unpaired) electrons. The second-order valence-corrected chi connectivity index (χ2v) is 6.15. The SMILES string of the molecule is CN(C(=O)CCCl)C1(c2ccccc2Cl)CCCCC1=O. The topological polar surface area (TPSA) is 37.4 Å². The highest BCUT2D eigenvalue weighted by Crippen LogP contribution is 2.42. The van der Waals surface area contributed by atoms with Crippen LogP contribution in [0.15, 0.2) is 24.3 Å². The minimum absolute atomic E-state index is 0.0623. The number of likely N-dealkylation sites (N-methyl/N-ethyl adjacent to an activating group) is 1. The van der Waals surface area contributed by atoms with Gasteiger partial charge >= 0.3 is 0 Å². The van der Waals surface area contributed by atoms with Crippen LogP contribution in [0.4, 0.5) is 0 Å². The van der Waals surface area contributed by atoms with Crippen LogP contribution in [-0.4, -0.2) is 29.5 Å². The lowest BCUT2D eigenvalue weighted by atomic mass is 9.74. The largest absolute Gasteiger partial charge is 0.329 e. The zero-order valence-electron chi connectivity index (χ0n) is 12.1. The number of carbonyl (C=O) groups excluding carboxylic acids is 2. The molecule has 0 N–H and O–H groups in total. The molecule has 0 heterocycles. The first-order valence-electron chi connectivity index (χ1n) is 7.15. The molecular formula is C16H19Cl2NO2. The van der Waals surface area contributed by atoms with Crippen molar-refractivity contribution >= 4 is 34.9 Å². The lowest BCUT2D eigenvalue weighted by Gasteiger charge is -2.44. The molecule has 1 aromatic rings. The summed E-state index contributed by atoms with van der Waals surface area (Å²) in [5.74, 6) is 0.183. The third-order valence-electron chi connectivity index (χ3n) is 4.23. The third kappa shape index (κ3) is 2.95. The van der Waals surface area contributed by atoms with Crippen molar-refractivity contribution in [3.8, 4) is 0 Å². The molecule has 1 aromatic carbocycles. The third-order valence-corrected chi connectivity index (χ3v) is 4.75. The van der Waals surface area contributed by atoms with Gasteiger partial charge in [0.1, 0.15) is 5.54 Å². The standard InChI is InChI=1S/C16H19Cl2NO2/c1-19(15(21)9-11-17)16(10-5-4-8-14(16)20)12-6-2-3-7-13(12)18/h2-3,6-7H,4-5,8-11H2,1H3. The summed E-state index contributed by atoms with van der Waals surface area (Å²) >= 11 is 12.0. The molecule has 0 saturated heterocycles. The van der Waals surface area contributed by atoms with Gasteiger partial charge in [0, 0.05) is 36.4 Å². The van der Waals surface area contributed by atoms with E-state index in [1.54, 1.807) is 18.0 Å². The summed E-state index contributed by atoms with van der Waals surface area (Å²) in [6.07, 6.45) is 3.07. The molecule has 1 atom stereocenters. The lowest BCUT2D eigenvalue weighted by molar-refractivity contribution is -0.147. The van der Waals surface area contributed by atoms with Crippen molar-refractivity contribution in [3.05, 3.63) is 34.9 Å². The first kappa shape index (κ1) is 16.3. The predicted molar refractivity (Wildman–Crippen MR) is 84.7 cm³/mol. The molecular weight excluding hydrogens is 309 g/mol. The van der Waals surface area contributed by atoms with Gasteiger partial charge in [0.05, 0.1) is 0 Å². The van der Waals surface area contributed by atoms with Crippen LogP contribution >= 0.6 is 23.2 Å². The zero-order valence-corrected chi connectivity index (χ0v) is 13.6. The second-order valence-electron chi connectivity index (χ2n) is 5.36. The molecule has 21 heavy (non-hydrogen) atoms. The number of Topliss-reactive ketones (excluding diaryl/α,β-unsaturated/α-hetero) is 1. The fourth-order valence-corrected chi connectivity index (χ4v) is 3.54. The van der Waals surface area contributed by atoms with Crippen molar-refractivity contribution < 1.29 is 9.59 Å². The van der Waals surface area contributed by atoms with E-state index in [-0.39, 0.29) is 24.0 Å². The van der Waals surface area contributed by atoms with E-state index in [1.807, 2.05) is 18.2 Å². The molecule has 0 aromatic heterocycles. The van der Waals surface area contributed by atoms with Gasteiger partial charge in [-0.1, -0.05) is 29.8 Å². The smallest absolute Gasteiger partial charge is 0.224 e. The van der Waals surface area contributed by atoms with Crippen molar-refractivity contribution in [1.82, 2.24) is 4.90 Å². The Bertz CT molecular complexity index is 547. The summed E-state index contributed by atoms with van der Waals surface area (Å²) < 4.78 is 0. The average molecular weight is 328 g/mol. The molecule has 1 fully saturated rings. The summed E-state index contributed by atoms with van der Waals surface area (Å²) in [5, 5.41) is 0.526. The Morgan fingerprint density at radius 2 is 2.05 bits per heavy atom. The number of carbonyl (C=O) groups is 2. The minimum Gasteiger partial charge on any atom is -0.329 e. The van der Waals surface area contributed by atoms with Gasteiger partial charge in [-0.3, -0.25) is 9.59 Å². The van der Waals surface area contributed by atoms with Crippen LogP contribution in [0.1, 0.15) is 37.7 Å². The molecule has 1 unspecified atom stereocenters. The molecule has 0 bridgehead atoms. The second kappa shape index (κ2) is 6.80.